The fraction of sp³-hybridized carbons (Fsp3) is 0.500. The predicted molar refractivity (Wildman–Crippen MR) is 58.2 cm³/mol. The van der Waals surface area contributed by atoms with Crippen molar-refractivity contribution in [3.63, 3.8) is 0 Å². The van der Waals surface area contributed by atoms with Crippen LogP contribution in [0.2, 0.25) is 0 Å². The lowest BCUT2D eigenvalue weighted by molar-refractivity contribution is 0.536. The zero-order valence-electron chi connectivity index (χ0n) is 7.84. The van der Waals surface area contributed by atoms with E-state index in [1.807, 2.05) is 0 Å². The molecule has 1 fully saturated rings. The first-order chi connectivity index (χ1) is 6.98. The molecule has 0 radical (unpaired) electrons. The average Bonchev–Trinajstić information content (AvgIpc) is 2.46. The van der Waals surface area contributed by atoms with Gasteiger partial charge in [-0.3, -0.25) is 9.78 Å². The van der Waals surface area contributed by atoms with Crippen LogP contribution < -0.4 is 5.56 Å². The lowest BCUT2D eigenvalue weighted by atomic mass is 10.2. The monoisotopic (exact) mass is 246 g/mol. The summed E-state index contributed by atoms with van der Waals surface area (Å²) in [5, 5.41) is 0. The molecule has 1 saturated heterocycles. The molecule has 0 bridgehead atoms. The Balaban J connectivity index is 2.40. The number of sulfone groups is 1. The van der Waals surface area contributed by atoms with Crippen LogP contribution in [0.3, 0.4) is 0 Å². The fourth-order valence-electron chi connectivity index (χ4n) is 1.71. The van der Waals surface area contributed by atoms with Crippen molar-refractivity contribution >= 4 is 22.1 Å². The Hall–Kier alpha value is -0.950. The van der Waals surface area contributed by atoms with Gasteiger partial charge in [-0.2, -0.15) is 0 Å². The first-order valence-corrected chi connectivity index (χ1v) is 6.73. The van der Waals surface area contributed by atoms with Crippen LogP contribution in [-0.2, 0) is 9.84 Å². The molecule has 1 aliphatic rings. The first kappa shape index (κ1) is 10.6. The number of nitrogens with one attached hydrogen (secondary N) is 1. The Morgan fingerprint density at radius 2 is 2.27 bits per heavy atom. The van der Waals surface area contributed by atoms with Crippen LogP contribution in [0.4, 0.5) is 0 Å². The number of hydrogen-bond donors (Lipinski definition) is 1. The topological polar surface area (TPSA) is 71.9 Å². The van der Waals surface area contributed by atoms with E-state index < -0.39 is 9.84 Å². The zero-order valence-corrected chi connectivity index (χ0v) is 9.47. The molecule has 0 aromatic carbocycles. The summed E-state index contributed by atoms with van der Waals surface area (Å²) in [5.41, 5.74) is -0.267. The molecule has 1 unspecified atom stereocenters. The maximum Gasteiger partial charge on any atom is 0.251 e. The predicted octanol–water partition coefficient (Wildman–Crippen LogP) is 0.265. The van der Waals surface area contributed by atoms with Crippen molar-refractivity contribution in [3.8, 4) is 0 Å². The van der Waals surface area contributed by atoms with Crippen LogP contribution in [0, 0.1) is 4.77 Å². The second kappa shape index (κ2) is 3.57. The molecule has 1 aliphatic heterocycles. The Kier molecular flexibility index (Phi) is 2.51. The maximum absolute atomic E-state index is 11.3. The Morgan fingerprint density at radius 3 is 2.80 bits per heavy atom. The second-order valence-corrected chi connectivity index (χ2v) is 6.19. The highest BCUT2D eigenvalue weighted by Gasteiger charge is 2.28. The van der Waals surface area contributed by atoms with Crippen LogP contribution in [0.1, 0.15) is 12.5 Å². The molecule has 0 saturated carbocycles. The summed E-state index contributed by atoms with van der Waals surface area (Å²) in [6.45, 7) is 0. The SMILES string of the molecule is O=c1ccn(C2CCS(=O)(=O)C2)c(=S)[nH]1. The molecule has 2 heterocycles. The highest BCUT2D eigenvalue weighted by atomic mass is 32.2. The third-order valence-corrected chi connectivity index (χ3v) is 4.52. The van der Waals surface area contributed by atoms with E-state index in [9.17, 15) is 13.2 Å². The van der Waals surface area contributed by atoms with Crippen molar-refractivity contribution in [1.29, 1.82) is 0 Å². The summed E-state index contributed by atoms with van der Waals surface area (Å²) in [6, 6.07) is 1.21. The van der Waals surface area contributed by atoms with E-state index >= 15 is 0 Å². The van der Waals surface area contributed by atoms with Gasteiger partial charge in [-0.05, 0) is 18.6 Å². The van der Waals surface area contributed by atoms with Gasteiger partial charge in [-0.25, -0.2) is 8.42 Å². The molecule has 1 atom stereocenters. The molecule has 0 amide bonds. The second-order valence-electron chi connectivity index (χ2n) is 3.57. The number of aromatic nitrogens is 2. The summed E-state index contributed by atoms with van der Waals surface area (Å²) in [7, 11) is -2.93. The van der Waals surface area contributed by atoms with Gasteiger partial charge in [-0.1, -0.05) is 0 Å². The number of H-pyrrole nitrogens is 1. The molecule has 2 rings (SSSR count). The van der Waals surface area contributed by atoms with Gasteiger partial charge in [-0.15, -0.1) is 0 Å². The largest absolute Gasteiger partial charge is 0.321 e. The van der Waals surface area contributed by atoms with Crippen molar-refractivity contribution in [2.45, 2.75) is 12.5 Å². The minimum atomic E-state index is -2.93. The molecule has 1 aromatic heterocycles. The smallest absolute Gasteiger partial charge is 0.251 e. The lowest BCUT2D eigenvalue weighted by Crippen LogP contribution is -2.17. The summed E-state index contributed by atoms with van der Waals surface area (Å²) >= 11 is 4.96. The lowest BCUT2D eigenvalue weighted by Gasteiger charge is -2.11. The molecule has 82 valence electrons. The van der Waals surface area contributed by atoms with Gasteiger partial charge >= 0.3 is 0 Å². The normalized spacial score (nSPS) is 24.1. The van der Waals surface area contributed by atoms with Gasteiger partial charge in [0.2, 0.25) is 0 Å². The van der Waals surface area contributed by atoms with E-state index in [1.54, 1.807) is 10.8 Å². The fourth-order valence-corrected chi connectivity index (χ4v) is 3.73. The minimum Gasteiger partial charge on any atom is -0.321 e. The van der Waals surface area contributed by atoms with Gasteiger partial charge in [0, 0.05) is 12.3 Å². The minimum absolute atomic E-state index is 0.105. The van der Waals surface area contributed by atoms with Gasteiger partial charge in [0.1, 0.15) is 0 Å². The zero-order chi connectivity index (χ0) is 11.1. The number of hydrogen-bond acceptors (Lipinski definition) is 4. The Labute approximate surface area is 91.7 Å². The van der Waals surface area contributed by atoms with Crippen molar-refractivity contribution in [2.24, 2.45) is 0 Å². The van der Waals surface area contributed by atoms with E-state index in [0.717, 1.165) is 0 Å². The van der Waals surface area contributed by atoms with Gasteiger partial charge < -0.3 is 4.57 Å². The van der Waals surface area contributed by atoms with Crippen LogP contribution >= 0.6 is 12.2 Å². The summed E-state index contributed by atoms with van der Waals surface area (Å²) in [6.07, 6.45) is 2.11. The van der Waals surface area contributed by atoms with E-state index in [0.29, 0.717) is 6.42 Å². The Morgan fingerprint density at radius 1 is 1.53 bits per heavy atom. The quantitative estimate of drug-likeness (QED) is 0.722. The van der Waals surface area contributed by atoms with Gasteiger partial charge in [0.15, 0.2) is 14.6 Å². The molecule has 1 aromatic rings. The van der Waals surface area contributed by atoms with E-state index in [-0.39, 0.29) is 27.9 Å². The third kappa shape index (κ3) is 2.18. The first-order valence-electron chi connectivity index (χ1n) is 4.50. The molecule has 7 heteroatoms. The van der Waals surface area contributed by atoms with Crippen molar-refractivity contribution in [2.75, 3.05) is 11.5 Å². The summed E-state index contributed by atoms with van der Waals surface area (Å²) < 4.78 is 24.5. The highest BCUT2D eigenvalue weighted by molar-refractivity contribution is 7.91. The Bertz CT molecular complexity index is 584. The van der Waals surface area contributed by atoms with Crippen molar-refractivity contribution in [3.05, 3.63) is 27.4 Å². The molecule has 1 N–H and O–H groups in total. The summed E-state index contributed by atoms with van der Waals surface area (Å²) in [4.78, 5) is 13.4. The van der Waals surface area contributed by atoms with Gasteiger partial charge in [0.05, 0.1) is 17.5 Å². The number of aromatic amines is 1. The van der Waals surface area contributed by atoms with Crippen LogP contribution in [-0.4, -0.2) is 29.5 Å². The van der Waals surface area contributed by atoms with Crippen molar-refractivity contribution in [1.82, 2.24) is 9.55 Å². The van der Waals surface area contributed by atoms with E-state index in [4.69, 9.17) is 12.2 Å². The van der Waals surface area contributed by atoms with Crippen LogP contribution in [0.15, 0.2) is 17.1 Å². The number of rotatable bonds is 1. The molecule has 15 heavy (non-hydrogen) atoms. The molecule has 0 aliphatic carbocycles. The maximum atomic E-state index is 11.3. The molecular formula is C8H10N2O3S2. The van der Waals surface area contributed by atoms with Crippen LogP contribution in [0.5, 0.6) is 0 Å². The van der Waals surface area contributed by atoms with Gasteiger partial charge in [0.25, 0.3) is 5.56 Å². The van der Waals surface area contributed by atoms with Crippen molar-refractivity contribution < 1.29 is 8.42 Å². The standard InChI is InChI=1S/C8H10N2O3S2/c11-7-1-3-10(8(14)9-7)6-2-4-15(12,13)5-6/h1,3,6H,2,4-5H2,(H,9,11,14). The highest BCUT2D eigenvalue weighted by Crippen LogP contribution is 2.22. The molecule has 0 spiro atoms. The third-order valence-electron chi connectivity index (χ3n) is 2.45. The van der Waals surface area contributed by atoms with E-state index in [1.165, 1.54) is 6.07 Å². The van der Waals surface area contributed by atoms with Crippen LogP contribution in [0.25, 0.3) is 0 Å². The average molecular weight is 246 g/mol. The number of nitrogens with zero attached hydrogens (tertiary/aromatic N) is 1. The van der Waals surface area contributed by atoms with E-state index in [2.05, 4.69) is 4.98 Å². The summed E-state index contributed by atoms with van der Waals surface area (Å²) in [5.74, 6) is 0.298. The molecular weight excluding hydrogens is 236 g/mol. The molecule has 5 nitrogen and oxygen atoms in total.